The highest BCUT2D eigenvalue weighted by atomic mass is 35.5. The van der Waals surface area contributed by atoms with Gasteiger partial charge >= 0.3 is 0 Å². The summed E-state index contributed by atoms with van der Waals surface area (Å²) >= 11 is 14.5. The van der Waals surface area contributed by atoms with E-state index in [9.17, 15) is 14.9 Å². The third kappa shape index (κ3) is 4.64. The number of nitrogens with zero attached hydrogens (tertiary/aromatic N) is 2. The van der Waals surface area contributed by atoms with E-state index in [1.807, 2.05) is 6.07 Å². The maximum Gasteiger partial charge on any atom is 0.270 e. The Morgan fingerprint density at radius 3 is 2.77 bits per heavy atom. The molecule has 0 spiro atoms. The summed E-state index contributed by atoms with van der Waals surface area (Å²) in [6.07, 6.45) is 0. The zero-order valence-corrected chi connectivity index (χ0v) is 16.2. The van der Waals surface area contributed by atoms with Gasteiger partial charge in [0.1, 0.15) is 0 Å². The molecule has 1 amide bonds. The van der Waals surface area contributed by atoms with Crippen molar-refractivity contribution < 1.29 is 9.72 Å². The average molecular weight is 428 g/mol. The van der Waals surface area contributed by atoms with E-state index in [1.54, 1.807) is 18.2 Å². The summed E-state index contributed by atoms with van der Waals surface area (Å²) in [5, 5.41) is 14.9. The zero-order valence-electron chi connectivity index (χ0n) is 13.1. The first-order valence-corrected chi connectivity index (χ1v) is 10.0. The summed E-state index contributed by atoms with van der Waals surface area (Å²) in [4.78, 5) is 26.7. The Hall–Kier alpha value is -1.87. The molecule has 6 nitrogen and oxygen atoms in total. The number of nitro groups is 1. The quantitative estimate of drug-likeness (QED) is 0.421. The van der Waals surface area contributed by atoms with E-state index in [2.05, 4.69) is 10.3 Å². The molecule has 3 rings (SSSR count). The topological polar surface area (TPSA) is 85.1 Å². The SMILES string of the molecule is O=C(CSCc1ccc(Cl)c(Cl)c1)Nc1nc2ccc([N+](=O)[O-])cc2s1. The molecule has 0 bridgehead atoms. The van der Waals surface area contributed by atoms with Crippen LogP contribution in [-0.4, -0.2) is 21.6 Å². The largest absolute Gasteiger partial charge is 0.301 e. The average Bonchev–Trinajstić information content (AvgIpc) is 2.99. The van der Waals surface area contributed by atoms with Crippen molar-refractivity contribution in [1.29, 1.82) is 0 Å². The number of non-ortho nitro benzene ring substituents is 1. The van der Waals surface area contributed by atoms with Crippen LogP contribution in [0.25, 0.3) is 10.2 Å². The van der Waals surface area contributed by atoms with E-state index in [4.69, 9.17) is 23.2 Å². The summed E-state index contributed by atoms with van der Waals surface area (Å²) in [6.45, 7) is 0. The van der Waals surface area contributed by atoms with Crippen molar-refractivity contribution in [1.82, 2.24) is 4.98 Å². The van der Waals surface area contributed by atoms with Crippen LogP contribution in [0.2, 0.25) is 10.0 Å². The molecule has 0 atom stereocenters. The molecule has 134 valence electrons. The van der Waals surface area contributed by atoms with E-state index < -0.39 is 4.92 Å². The number of halogens is 2. The predicted molar refractivity (Wildman–Crippen MR) is 108 cm³/mol. The highest BCUT2D eigenvalue weighted by Gasteiger charge is 2.12. The molecule has 10 heteroatoms. The minimum Gasteiger partial charge on any atom is -0.301 e. The summed E-state index contributed by atoms with van der Waals surface area (Å²) in [6, 6.07) is 9.76. The fraction of sp³-hybridized carbons (Fsp3) is 0.125. The molecule has 0 saturated heterocycles. The van der Waals surface area contributed by atoms with E-state index in [0.717, 1.165) is 5.56 Å². The molecule has 0 aliphatic heterocycles. The molecule has 2 aromatic carbocycles. The van der Waals surface area contributed by atoms with E-state index in [0.29, 0.717) is 31.1 Å². The van der Waals surface area contributed by atoms with Gasteiger partial charge < -0.3 is 5.32 Å². The van der Waals surface area contributed by atoms with Gasteiger partial charge in [-0.25, -0.2) is 4.98 Å². The van der Waals surface area contributed by atoms with E-state index in [-0.39, 0.29) is 17.3 Å². The van der Waals surface area contributed by atoms with Crippen LogP contribution in [-0.2, 0) is 10.5 Å². The molecular weight excluding hydrogens is 417 g/mol. The number of nitrogens with one attached hydrogen (secondary N) is 1. The molecule has 0 aliphatic carbocycles. The lowest BCUT2D eigenvalue weighted by molar-refractivity contribution is -0.384. The number of carbonyl (C=O) groups is 1. The van der Waals surface area contributed by atoms with Crippen molar-refractivity contribution in [2.24, 2.45) is 0 Å². The normalized spacial score (nSPS) is 10.8. The molecule has 0 fully saturated rings. The number of anilines is 1. The molecule has 1 heterocycles. The smallest absolute Gasteiger partial charge is 0.270 e. The monoisotopic (exact) mass is 427 g/mol. The van der Waals surface area contributed by atoms with Gasteiger partial charge in [-0.3, -0.25) is 14.9 Å². The maximum absolute atomic E-state index is 12.1. The minimum atomic E-state index is -0.461. The van der Waals surface area contributed by atoms with Gasteiger partial charge in [-0.15, -0.1) is 11.8 Å². The van der Waals surface area contributed by atoms with Crippen LogP contribution in [0, 0.1) is 10.1 Å². The molecule has 1 N–H and O–H groups in total. The second kappa shape index (κ2) is 8.22. The third-order valence-electron chi connectivity index (χ3n) is 3.32. The number of amides is 1. The van der Waals surface area contributed by atoms with Crippen LogP contribution < -0.4 is 5.32 Å². The molecule has 0 aliphatic rings. The van der Waals surface area contributed by atoms with Crippen molar-refractivity contribution in [3.8, 4) is 0 Å². The number of thiazole rings is 1. The van der Waals surface area contributed by atoms with Crippen LogP contribution in [0.5, 0.6) is 0 Å². The Labute approximate surface area is 166 Å². The molecule has 3 aromatic rings. The summed E-state index contributed by atoms with van der Waals surface area (Å²) < 4.78 is 0.651. The minimum absolute atomic E-state index is 0.00351. The van der Waals surface area contributed by atoms with Gasteiger partial charge in [-0.1, -0.05) is 40.6 Å². The number of fused-ring (bicyclic) bond motifs is 1. The lowest BCUT2D eigenvalue weighted by Gasteiger charge is -2.04. The predicted octanol–water partition coefficient (Wildman–Crippen LogP) is 5.38. The molecule has 1 aromatic heterocycles. The Kier molecular flexibility index (Phi) is 5.98. The van der Waals surface area contributed by atoms with Crippen molar-refractivity contribution >= 4 is 73.2 Å². The van der Waals surface area contributed by atoms with Gasteiger partial charge in [0.2, 0.25) is 5.91 Å². The number of carbonyl (C=O) groups excluding carboxylic acids is 1. The lowest BCUT2D eigenvalue weighted by Crippen LogP contribution is -2.13. The Morgan fingerprint density at radius 2 is 2.04 bits per heavy atom. The second-order valence-electron chi connectivity index (χ2n) is 5.22. The Bertz CT molecular complexity index is 994. The fourth-order valence-corrected chi connectivity index (χ4v) is 4.14. The first-order valence-electron chi connectivity index (χ1n) is 7.29. The molecule has 0 unspecified atom stereocenters. The van der Waals surface area contributed by atoms with Gasteiger partial charge in [0, 0.05) is 17.9 Å². The number of rotatable bonds is 6. The standard InChI is InChI=1S/C16H11Cl2N3O3S2/c17-11-3-1-9(5-12(11)18)7-25-8-15(22)20-16-19-13-4-2-10(21(23)24)6-14(13)26-16/h1-6H,7-8H2,(H,19,20,22). The molecular formula is C16H11Cl2N3O3S2. The molecule has 0 radical (unpaired) electrons. The number of benzene rings is 2. The Balaban J connectivity index is 1.56. The first kappa shape index (κ1) is 18.9. The fourth-order valence-electron chi connectivity index (χ4n) is 2.13. The highest BCUT2D eigenvalue weighted by Crippen LogP contribution is 2.29. The van der Waals surface area contributed by atoms with Crippen molar-refractivity contribution in [3.63, 3.8) is 0 Å². The Morgan fingerprint density at radius 1 is 1.23 bits per heavy atom. The van der Waals surface area contributed by atoms with Crippen molar-refractivity contribution in [3.05, 3.63) is 62.1 Å². The van der Waals surface area contributed by atoms with Crippen LogP contribution in [0.15, 0.2) is 36.4 Å². The summed E-state index contributed by atoms with van der Waals surface area (Å²) in [5.41, 5.74) is 1.58. The van der Waals surface area contributed by atoms with Crippen LogP contribution >= 0.6 is 46.3 Å². The number of hydrogen-bond acceptors (Lipinski definition) is 6. The van der Waals surface area contributed by atoms with Gasteiger partial charge in [0.05, 0.1) is 30.9 Å². The number of thioether (sulfide) groups is 1. The number of hydrogen-bond donors (Lipinski definition) is 1. The molecule has 0 saturated carbocycles. The van der Waals surface area contributed by atoms with Crippen LogP contribution in [0.3, 0.4) is 0 Å². The number of aromatic nitrogens is 1. The summed E-state index contributed by atoms with van der Waals surface area (Å²) in [5.74, 6) is 0.677. The second-order valence-corrected chi connectivity index (χ2v) is 8.05. The van der Waals surface area contributed by atoms with Gasteiger partial charge in [-0.05, 0) is 23.8 Å². The zero-order chi connectivity index (χ0) is 18.7. The van der Waals surface area contributed by atoms with Gasteiger partial charge in [-0.2, -0.15) is 0 Å². The van der Waals surface area contributed by atoms with E-state index in [1.165, 1.54) is 35.2 Å². The van der Waals surface area contributed by atoms with Gasteiger partial charge in [0.15, 0.2) is 5.13 Å². The molecule has 26 heavy (non-hydrogen) atoms. The van der Waals surface area contributed by atoms with Gasteiger partial charge in [0.25, 0.3) is 5.69 Å². The summed E-state index contributed by atoms with van der Waals surface area (Å²) in [7, 11) is 0. The van der Waals surface area contributed by atoms with Crippen molar-refractivity contribution in [2.75, 3.05) is 11.1 Å². The van der Waals surface area contributed by atoms with Crippen LogP contribution in [0.1, 0.15) is 5.56 Å². The van der Waals surface area contributed by atoms with E-state index >= 15 is 0 Å². The van der Waals surface area contributed by atoms with Crippen LogP contribution in [0.4, 0.5) is 10.8 Å². The highest BCUT2D eigenvalue weighted by molar-refractivity contribution is 7.99. The lowest BCUT2D eigenvalue weighted by atomic mass is 10.2. The number of nitro benzene ring substituents is 1. The first-order chi connectivity index (χ1) is 12.4. The third-order valence-corrected chi connectivity index (χ3v) is 5.99. The maximum atomic E-state index is 12.1. The van der Waals surface area contributed by atoms with Crippen molar-refractivity contribution in [2.45, 2.75) is 5.75 Å².